The molecule has 1 aromatic carbocycles. The van der Waals surface area contributed by atoms with Gasteiger partial charge in [-0.3, -0.25) is 4.79 Å². The Hall–Kier alpha value is -1.44. The molecule has 7 heteroatoms. The van der Waals surface area contributed by atoms with Crippen molar-refractivity contribution in [2.75, 3.05) is 26.5 Å². The Morgan fingerprint density at radius 3 is 2.40 bits per heavy atom. The third-order valence-corrected chi connectivity index (χ3v) is 4.88. The van der Waals surface area contributed by atoms with Gasteiger partial charge in [0.1, 0.15) is 0 Å². The lowest BCUT2D eigenvalue weighted by atomic mass is 10.2. The number of carbonyl (C=O) groups is 1. The van der Waals surface area contributed by atoms with Gasteiger partial charge in [0.15, 0.2) is 0 Å². The molecule has 1 atom stereocenters. The molecule has 1 rings (SSSR count). The molecule has 0 radical (unpaired) electrons. The van der Waals surface area contributed by atoms with Crippen molar-refractivity contribution in [2.24, 2.45) is 0 Å². The van der Waals surface area contributed by atoms with Crippen LogP contribution in [0.2, 0.25) is 0 Å². The third-order valence-electron chi connectivity index (χ3n) is 3.07. The first kappa shape index (κ1) is 16.6. The molecule has 0 aliphatic heterocycles. The molecule has 0 fully saturated rings. The highest BCUT2D eigenvalue weighted by molar-refractivity contribution is 7.89. The normalized spacial score (nSPS) is 13.3. The number of hydrogen-bond donors (Lipinski definition) is 2. The number of rotatable bonds is 5. The fourth-order valence-electron chi connectivity index (χ4n) is 1.48. The molecule has 0 aliphatic carbocycles. The minimum atomic E-state index is -3.51. The summed E-state index contributed by atoms with van der Waals surface area (Å²) in [5, 5.41) is 5.56. The zero-order chi connectivity index (χ0) is 15.5. The van der Waals surface area contributed by atoms with Crippen molar-refractivity contribution in [1.82, 2.24) is 9.62 Å². The number of aryl methyl sites for hydroxylation is 1. The first-order chi connectivity index (χ1) is 9.20. The lowest BCUT2D eigenvalue weighted by Gasteiger charge is -2.16. The van der Waals surface area contributed by atoms with Crippen molar-refractivity contribution < 1.29 is 13.2 Å². The Bertz CT molecular complexity index is 597. The van der Waals surface area contributed by atoms with Crippen LogP contribution in [0.3, 0.4) is 0 Å². The van der Waals surface area contributed by atoms with Gasteiger partial charge in [0, 0.05) is 19.8 Å². The van der Waals surface area contributed by atoms with Gasteiger partial charge in [0.05, 0.1) is 10.9 Å². The van der Waals surface area contributed by atoms with Gasteiger partial charge in [-0.25, -0.2) is 12.7 Å². The summed E-state index contributed by atoms with van der Waals surface area (Å²) >= 11 is 0. The van der Waals surface area contributed by atoms with Gasteiger partial charge >= 0.3 is 0 Å². The van der Waals surface area contributed by atoms with Crippen LogP contribution in [-0.2, 0) is 14.8 Å². The van der Waals surface area contributed by atoms with Crippen LogP contribution in [0.4, 0.5) is 5.69 Å². The lowest BCUT2D eigenvalue weighted by Crippen LogP contribution is -2.35. The Kier molecular flexibility index (Phi) is 5.27. The zero-order valence-electron chi connectivity index (χ0n) is 12.4. The van der Waals surface area contributed by atoms with Crippen LogP contribution in [0.25, 0.3) is 0 Å². The van der Waals surface area contributed by atoms with E-state index in [1.807, 2.05) is 6.92 Å². The van der Waals surface area contributed by atoms with Crippen molar-refractivity contribution in [3.63, 3.8) is 0 Å². The Labute approximate surface area is 120 Å². The molecule has 0 heterocycles. The summed E-state index contributed by atoms with van der Waals surface area (Å²) in [4.78, 5) is 12.0. The van der Waals surface area contributed by atoms with Crippen LogP contribution in [0.5, 0.6) is 0 Å². The fourth-order valence-corrected chi connectivity index (χ4v) is 2.41. The number of anilines is 1. The number of amides is 1. The van der Waals surface area contributed by atoms with E-state index in [2.05, 4.69) is 10.6 Å². The van der Waals surface area contributed by atoms with E-state index >= 15 is 0 Å². The smallest absolute Gasteiger partial charge is 0.242 e. The molecule has 0 spiro atoms. The summed E-state index contributed by atoms with van der Waals surface area (Å²) in [6.07, 6.45) is 0. The highest BCUT2D eigenvalue weighted by Gasteiger charge is 2.19. The van der Waals surface area contributed by atoms with Crippen molar-refractivity contribution in [3.05, 3.63) is 23.8 Å². The fraction of sp³-hybridized carbons (Fsp3) is 0.462. The third kappa shape index (κ3) is 3.56. The van der Waals surface area contributed by atoms with Gasteiger partial charge in [0.2, 0.25) is 15.9 Å². The number of sulfonamides is 1. The van der Waals surface area contributed by atoms with Crippen molar-refractivity contribution in [3.8, 4) is 0 Å². The van der Waals surface area contributed by atoms with Crippen molar-refractivity contribution >= 4 is 21.6 Å². The summed E-state index contributed by atoms with van der Waals surface area (Å²) in [7, 11) is 1.11. The monoisotopic (exact) mass is 299 g/mol. The Balaban J connectivity index is 3.14. The van der Waals surface area contributed by atoms with Crippen molar-refractivity contribution in [1.29, 1.82) is 0 Å². The molecule has 0 bridgehead atoms. The second-order valence-electron chi connectivity index (χ2n) is 4.76. The van der Waals surface area contributed by atoms with Gasteiger partial charge in [-0.1, -0.05) is 6.07 Å². The molecule has 0 aliphatic rings. The van der Waals surface area contributed by atoms with Gasteiger partial charge < -0.3 is 10.6 Å². The summed E-state index contributed by atoms with van der Waals surface area (Å²) in [5.74, 6) is -0.213. The van der Waals surface area contributed by atoms with Crippen LogP contribution in [0, 0.1) is 6.92 Å². The predicted octanol–water partition coefficient (Wildman–Crippen LogP) is 0.792. The number of benzene rings is 1. The molecule has 6 nitrogen and oxygen atoms in total. The van der Waals surface area contributed by atoms with Gasteiger partial charge in [-0.15, -0.1) is 0 Å². The van der Waals surface area contributed by atoms with Crippen LogP contribution in [-0.4, -0.2) is 45.8 Å². The number of hydrogen-bond acceptors (Lipinski definition) is 4. The van der Waals surface area contributed by atoms with Crippen LogP contribution >= 0.6 is 0 Å². The molecule has 1 unspecified atom stereocenters. The van der Waals surface area contributed by atoms with E-state index < -0.39 is 10.0 Å². The maximum absolute atomic E-state index is 12.1. The summed E-state index contributed by atoms with van der Waals surface area (Å²) in [5.41, 5.74) is 1.30. The molecule has 2 N–H and O–H groups in total. The van der Waals surface area contributed by atoms with E-state index in [9.17, 15) is 13.2 Å². The highest BCUT2D eigenvalue weighted by Crippen LogP contribution is 2.22. The van der Waals surface area contributed by atoms with E-state index in [0.29, 0.717) is 5.69 Å². The quantitative estimate of drug-likeness (QED) is 0.842. The van der Waals surface area contributed by atoms with E-state index in [-0.39, 0.29) is 16.8 Å². The lowest BCUT2D eigenvalue weighted by molar-refractivity contribution is -0.117. The number of nitrogens with one attached hydrogen (secondary N) is 2. The topological polar surface area (TPSA) is 78.5 Å². The Morgan fingerprint density at radius 2 is 1.90 bits per heavy atom. The van der Waals surface area contributed by atoms with Crippen LogP contribution in [0.1, 0.15) is 12.5 Å². The van der Waals surface area contributed by atoms with Crippen LogP contribution in [0.15, 0.2) is 23.1 Å². The second-order valence-corrected chi connectivity index (χ2v) is 6.92. The summed E-state index contributed by atoms with van der Waals surface area (Å²) in [6, 6.07) is 4.33. The molecule has 112 valence electrons. The minimum absolute atomic E-state index is 0.153. The maximum Gasteiger partial charge on any atom is 0.242 e. The molecular formula is C13H21N3O3S. The molecular weight excluding hydrogens is 278 g/mol. The molecule has 0 aromatic heterocycles. The van der Waals surface area contributed by atoms with E-state index in [1.54, 1.807) is 20.0 Å². The minimum Gasteiger partial charge on any atom is -0.324 e. The maximum atomic E-state index is 12.1. The predicted molar refractivity (Wildman–Crippen MR) is 79.2 cm³/mol. The van der Waals surface area contributed by atoms with E-state index in [0.717, 1.165) is 9.87 Å². The summed E-state index contributed by atoms with van der Waals surface area (Å²) < 4.78 is 25.3. The SMILES string of the molecule is CNC(C)C(=O)Nc1cc(S(=O)(=O)N(C)C)ccc1C. The Morgan fingerprint density at radius 1 is 1.30 bits per heavy atom. The highest BCUT2D eigenvalue weighted by atomic mass is 32.2. The number of nitrogens with zero attached hydrogens (tertiary/aromatic N) is 1. The van der Waals surface area contributed by atoms with Gasteiger partial charge in [0.25, 0.3) is 0 Å². The van der Waals surface area contributed by atoms with Gasteiger partial charge in [-0.05, 0) is 38.6 Å². The average molecular weight is 299 g/mol. The number of carbonyl (C=O) groups excluding carboxylic acids is 1. The van der Waals surface area contributed by atoms with E-state index in [4.69, 9.17) is 0 Å². The van der Waals surface area contributed by atoms with Gasteiger partial charge in [-0.2, -0.15) is 0 Å². The first-order valence-corrected chi connectivity index (χ1v) is 7.65. The van der Waals surface area contributed by atoms with E-state index in [1.165, 1.54) is 26.2 Å². The number of likely N-dealkylation sites (N-methyl/N-ethyl adjacent to an activating group) is 1. The summed E-state index contributed by atoms with van der Waals surface area (Å²) in [6.45, 7) is 3.54. The first-order valence-electron chi connectivity index (χ1n) is 6.21. The molecule has 1 aromatic rings. The molecule has 1 amide bonds. The van der Waals surface area contributed by atoms with Crippen molar-refractivity contribution in [2.45, 2.75) is 24.8 Å². The second kappa shape index (κ2) is 6.34. The molecule has 0 saturated carbocycles. The largest absolute Gasteiger partial charge is 0.324 e. The average Bonchev–Trinajstić information content (AvgIpc) is 2.39. The standard InChI is InChI=1S/C13H21N3O3S/c1-9-6-7-11(20(18,19)16(4)5)8-12(9)15-13(17)10(2)14-3/h6-8,10,14H,1-5H3,(H,15,17). The zero-order valence-corrected chi connectivity index (χ0v) is 13.2. The molecule has 0 saturated heterocycles. The molecule has 20 heavy (non-hydrogen) atoms. The van der Waals surface area contributed by atoms with Crippen LogP contribution < -0.4 is 10.6 Å².